The quantitative estimate of drug-likeness (QED) is 0.250. The normalized spacial score (nSPS) is 10.5. The van der Waals surface area contributed by atoms with Crippen molar-refractivity contribution < 1.29 is 23.9 Å². The summed E-state index contributed by atoms with van der Waals surface area (Å²) in [6.45, 7) is 1.61. The molecule has 0 aromatic heterocycles. The maximum atomic E-state index is 12.2. The van der Waals surface area contributed by atoms with Gasteiger partial charge in [0, 0.05) is 16.3 Å². The van der Waals surface area contributed by atoms with Crippen molar-refractivity contribution in [1.82, 2.24) is 5.43 Å². The second-order valence-corrected chi connectivity index (χ2v) is 7.60. The zero-order valence-electron chi connectivity index (χ0n) is 19.0. The Balaban J connectivity index is 1.54. The molecule has 3 rings (SSSR count). The third-order valence-electron chi connectivity index (χ3n) is 4.66. The molecular weight excluding hydrogens is 472 g/mol. The molecule has 10 heteroatoms. The average molecular weight is 495 g/mol. The summed E-state index contributed by atoms with van der Waals surface area (Å²) in [7, 11) is 1.45. The Morgan fingerprint density at radius 2 is 1.66 bits per heavy atom. The molecule has 0 unspecified atom stereocenters. The topological polar surface area (TPSA) is 118 Å². The van der Waals surface area contributed by atoms with Gasteiger partial charge in [0.1, 0.15) is 11.5 Å². The number of nitrogens with one attached hydrogen (secondary N) is 3. The van der Waals surface area contributed by atoms with E-state index in [0.29, 0.717) is 33.5 Å². The number of amides is 3. The largest absolute Gasteiger partial charge is 0.495 e. The van der Waals surface area contributed by atoms with Crippen LogP contribution in [0.15, 0.2) is 71.8 Å². The van der Waals surface area contributed by atoms with E-state index in [9.17, 15) is 14.4 Å². The molecule has 0 radical (unpaired) electrons. The SMILES string of the molecule is COc1ccccc1NC(=O)C(=O)N/N=C\c1ccccc1OCC(=O)Nc1ccc(C)c(Cl)c1. The van der Waals surface area contributed by atoms with Crippen LogP contribution in [0.1, 0.15) is 11.1 Å². The Morgan fingerprint density at radius 3 is 2.40 bits per heavy atom. The number of methoxy groups -OCH3 is 1. The van der Waals surface area contributed by atoms with Crippen molar-refractivity contribution in [2.24, 2.45) is 5.10 Å². The molecule has 0 aliphatic carbocycles. The van der Waals surface area contributed by atoms with Crippen LogP contribution in [0.2, 0.25) is 5.02 Å². The summed E-state index contributed by atoms with van der Waals surface area (Å²) in [6.07, 6.45) is 1.31. The molecule has 180 valence electrons. The summed E-state index contributed by atoms with van der Waals surface area (Å²) < 4.78 is 10.7. The van der Waals surface area contributed by atoms with E-state index in [4.69, 9.17) is 21.1 Å². The highest BCUT2D eigenvalue weighted by Crippen LogP contribution is 2.23. The summed E-state index contributed by atoms with van der Waals surface area (Å²) >= 11 is 6.08. The van der Waals surface area contributed by atoms with Crippen molar-refractivity contribution in [3.05, 3.63) is 82.9 Å². The highest BCUT2D eigenvalue weighted by atomic mass is 35.5. The van der Waals surface area contributed by atoms with E-state index >= 15 is 0 Å². The fraction of sp³-hybridized carbons (Fsp3) is 0.120. The molecule has 35 heavy (non-hydrogen) atoms. The molecule has 0 saturated carbocycles. The Morgan fingerprint density at radius 1 is 0.943 bits per heavy atom. The number of para-hydroxylation sites is 3. The average Bonchev–Trinajstić information content (AvgIpc) is 2.86. The predicted molar refractivity (Wildman–Crippen MR) is 134 cm³/mol. The molecule has 0 heterocycles. The van der Waals surface area contributed by atoms with Crippen molar-refractivity contribution in [1.29, 1.82) is 0 Å². The van der Waals surface area contributed by atoms with Gasteiger partial charge in [-0.3, -0.25) is 14.4 Å². The molecular formula is C25H23ClN4O5. The van der Waals surface area contributed by atoms with Gasteiger partial charge in [0.25, 0.3) is 5.91 Å². The molecule has 0 spiro atoms. The molecule has 0 aliphatic heterocycles. The maximum Gasteiger partial charge on any atom is 0.329 e. The Hall–Kier alpha value is -4.37. The Labute approximate surface area is 207 Å². The van der Waals surface area contributed by atoms with Crippen molar-refractivity contribution in [2.75, 3.05) is 24.4 Å². The summed E-state index contributed by atoms with van der Waals surface area (Å²) in [5, 5.41) is 9.51. The number of carbonyl (C=O) groups is 3. The Kier molecular flexibility index (Phi) is 8.80. The van der Waals surface area contributed by atoms with Crippen molar-refractivity contribution in [3.63, 3.8) is 0 Å². The second-order valence-electron chi connectivity index (χ2n) is 7.19. The van der Waals surface area contributed by atoms with Crippen LogP contribution in [0.3, 0.4) is 0 Å². The Bertz CT molecular complexity index is 1260. The van der Waals surface area contributed by atoms with Crippen molar-refractivity contribution >= 4 is 46.9 Å². The number of benzene rings is 3. The van der Waals surface area contributed by atoms with E-state index in [2.05, 4.69) is 21.2 Å². The molecule has 3 aromatic carbocycles. The number of carbonyl (C=O) groups excluding carboxylic acids is 3. The van der Waals surface area contributed by atoms with Crippen LogP contribution in [0.5, 0.6) is 11.5 Å². The second kappa shape index (κ2) is 12.2. The maximum absolute atomic E-state index is 12.2. The number of ether oxygens (including phenoxy) is 2. The van der Waals surface area contributed by atoms with Gasteiger partial charge in [0.15, 0.2) is 6.61 Å². The molecule has 3 amide bonds. The van der Waals surface area contributed by atoms with Crippen LogP contribution in [0, 0.1) is 6.92 Å². The van der Waals surface area contributed by atoms with Gasteiger partial charge in [-0.15, -0.1) is 0 Å². The number of nitrogens with zero attached hydrogens (tertiary/aromatic N) is 1. The van der Waals surface area contributed by atoms with Crippen molar-refractivity contribution in [3.8, 4) is 11.5 Å². The van der Waals surface area contributed by atoms with E-state index in [1.807, 2.05) is 6.92 Å². The van der Waals surface area contributed by atoms with Gasteiger partial charge in [0.2, 0.25) is 0 Å². The fourth-order valence-electron chi connectivity index (χ4n) is 2.87. The van der Waals surface area contributed by atoms with E-state index in [1.165, 1.54) is 13.3 Å². The lowest BCUT2D eigenvalue weighted by atomic mass is 10.2. The van der Waals surface area contributed by atoms with Gasteiger partial charge in [0.05, 0.1) is 19.0 Å². The van der Waals surface area contributed by atoms with Gasteiger partial charge >= 0.3 is 11.8 Å². The van der Waals surface area contributed by atoms with Crippen molar-refractivity contribution in [2.45, 2.75) is 6.92 Å². The van der Waals surface area contributed by atoms with Gasteiger partial charge < -0.3 is 20.1 Å². The molecule has 0 bridgehead atoms. The molecule has 0 saturated heterocycles. The van der Waals surface area contributed by atoms with Crippen LogP contribution in [-0.4, -0.2) is 37.7 Å². The summed E-state index contributed by atoms with van der Waals surface area (Å²) in [4.78, 5) is 36.5. The minimum Gasteiger partial charge on any atom is -0.495 e. The highest BCUT2D eigenvalue weighted by molar-refractivity contribution is 6.39. The number of anilines is 2. The van der Waals surface area contributed by atoms with Gasteiger partial charge in [-0.2, -0.15) is 5.10 Å². The number of halogens is 1. The first-order valence-electron chi connectivity index (χ1n) is 10.4. The summed E-state index contributed by atoms with van der Waals surface area (Å²) in [6, 6.07) is 18.7. The van der Waals surface area contributed by atoms with E-state index in [0.717, 1.165) is 5.56 Å². The highest BCUT2D eigenvalue weighted by Gasteiger charge is 2.15. The molecule has 3 aromatic rings. The van der Waals surface area contributed by atoms with Gasteiger partial charge in [-0.1, -0.05) is 41.9 Å². The molecule has 0 aliphatic rings. The van der Waals surface area contributed by atoms with Crippen LogP contribution in [0.4, 0.5) is 11.4 Å². The molecule has 0 fully saturated rings. The standard InChI is InChI=1S/C25H23ClN4O5/c1-16-11-12-18(13-19(16)26)28-23(31)15-35-21-9-5-3-7-17(21)14-27-30-25(33)24(32)29-20-8-4-6-10-22(20)34-2/h3-14H,15H2,1-2H3,(H,28,31)(H,29,32)(H,30,33)/b27-14-. The number of hydrazone groups is 1. The number of hydrogen-bond acceptors (Lipinski definition) is 6. The van der Waals surface area contributed by atoms with Crippen LogP contribution in [-0.2, 0) is 14.4 Å². The summed E-state index contributed by atoms with van der Waals surface area (Å²) in [5.74, 6) is -1.48. The van der Waals surface area contributed by atoms with Crippen LogP contribution < -0.4 is 25.5 Å². The lowest BCUT2D eigenvalue weighted by Crippen LogP contribution is -2.32. The third-order valence-corrected chi connectivity index (χ3v) is 5.07. The lowest BCUT2D eigenvalue weighted by Gasteiger charge is -2.10. The first-order chi connectivity index (χ1) is 16.9. The number of hydrogen-bond donors (Lipinski definition) is 3. The first-order valence-corrected chi connectivity index (χ1v) is 10.8. The van der Waals surface area contributed by atoms with Crippen LogP contribution in [0.25, 0.3) is 0 Å². The van der Waals surface area contributed by atoms with Gasteiger partial charge in [-0.25, -0.2) is 5.43 Å². The third kappa shape index (κ3) is 7.31. The fourth-order valence-corrected chi connectivity index (χ4v) is 3.05. The van der Waals surface area contributed by atoms with Crippen LogP contribution >= 0.6 is 11.6 Å². The van der Waals surface area contributed by atoms with Gasteiger partial charge in [-0.05, 0) is 48.9 Å². The smallest absolute Gasteiger partial charge is 0.329 e. The zero-order valence-corrected chi connectivity index (χ0v) is 19.8. The monoisotopic (exact) mass is 494 g/mol. The molecule has 0 atom stereocenters. The first kappa shape index (κ1) is 25.3. The minimum atomic E-state index is -0.971. The number of aryl methyl sites for hydroxylation is 1. The van der Waals surface area contributed by atoms with E-state index in [1.54, 1.807) is 66.7 Å². The molecule has 3 N–H and O–H groups in total. The summed E-state index contributed by atoms with van der Waals surface area (Å²) in [5.41, 5.74) is 4.45. The minimum absolute atomic E-state index is 0.260. The number of rotatable bonds is 8. The molecule has 9 nitrogen and oxygen atoms in total. The lowest BCUT2D eigenvalue weighted by molar-refractivity contribution is -0.136. The van der Waals surface area contributed by atoms with E-state index < -0.39 is 11.8 Å². The van der Waals surface area contributed by atoms with E-state index in [-0.39, 0.29) is 12.5 Å². The predicted octanol–water partition coefficient (Wildman–Crippen LogP) is 3.76. The zero-order chi connectivity index (χ0) is 25.2.